The number of rotatable bonds is 3. The zero-order valence-corrected chi connectivity index (χ0v) is 9.96. The molecule has 0 unspecified atom stereocenters. The van der Waals surface area contributed by atoms with E-state index in [2.05, 4.69) is 39.8 Å². The summed E-state index contributed by atoms with van der Waals surface area (Å²) in [5.41, 5.74) is 2.23. The second kappa shape index (κ2) is 5.69. The molecule has 1 N–H and O–H groups in total. The van der Waals surface area contributed by atoms with Gasteiger partial charge >= 0.3 is 0 Å². The summed E-state index contributed by atoms with van der Waals surface area (Å²) >= 11 is 0. The van der Waals surface area contributed by atoms with Crippen LogP contribution < -0.4 is 0 Å². The van der Waals surface area contributed by atoms with Crippen LogP contribution in [-0.4, -0.2) is 5.11 Å². The van der Waals surface area contributed by atoms with Crippen molar-refractivity contribution in [1.82, 2.24) is 0 Å². The molecule has 0 aromatic rings. The van der Waals surface area contributed by atoms with E-state index in [1.54, 1.807) is 0 Å². The minimum absolute atomic E-state index is 0.00214. The van der Waals surface area contributed by atoms with E-state index in [0.717, 1.165) is 12.0 Å². The average molecular weight is 194 g/mol. The molecular formula is C13H22O. The smallest absolute Gasteiger partial charge is 0.0828 e. The third-order valence-electron chi connectivity index (χ3n) is 2.26. The van der Waals surface area contributed by atoms with E-state index in [4.69, 9.17) is 5.11 Å². The van der Waals surface area contributed by atoms with E-state index in [1.807, 2.05) is 13.0 Å². The number of aliphatic hydroxyl groups is 1. The van der Waals surface area contributed by atoms with Crippen molar-refractivity contribution in [2.45, 2.75) is 41.0 Å². The molecule has 0 amide bonds. The van der Waals surface area contributed by atoms with Crippen molar-refractivity contribution in [3.8, 4) is 0 Å². The Bertz CT molecular complexity index is 249. The molecule has 0 radical (unpaired) electrons. The van der Waals surface area contributed by atoms with Crippen LogP contribution in [0.25, 0.3) is 0 Å². The van der Waals surface area contributed by atoms with Gasteiger partial charge in [-0.3, -0.25) is 0 Å². The highest BCUT2D eigenvalue weighted by molar-refractivity contribution is 5.29. The Balaban J connectivity index is 4.65. The molecule has 0 fully saturated rings. The number of aliphatic hydroxyl groups excluding tert-OH is 1. The maximum Gasteiger partial charge on any atom is 0.0828 e. The first-order valence-corrected chi connectivity index (χ1v) is 5.13. The third kappa shape index (κ3) is 4.31. The molecule has 80 valence electrons. The summed E-state index contributed by atoms with van der Waals surface area (Å²) in [6.45, 7) is 10.4. The summed E-state index contributed by atoms with van der Waals surface area (Å²) in [5, 5.41) is 9.09. The Morgan fingerprint density at radius 3 is 2.07 bits per heavy atom. The van der Waals surface area contributed by atoms with Crippen LogP contribution in [0.2, 0.25) is 0 Å². The second-order valence-corrected chi connectivity index (χ2v) is 4.38. The van der Waals surface area contributed by atoms with Crippen molar-refractivity contribution in [1.29, 1.82) is 0 Å². The normalized spacial score (nSPS) is 15.2. The highest BCUT2D eigenvalue weighted by Crippen LogP contribution is 2.26. The first kappa shape index (κ1) is 13.0. The summed E-state index contributed by atoms with van der Waals surface area (Å²) in [5.74, 6) is 0. The molecule has 14 heavy (non-hydrogen) atoms. The molecule has 0 bridgehead atoms. The van der Waals surface area contributed by atoms with Gasteiger partial charge in [0, 0.05) is 0 Å². The van der Waals surface area contributed by atoms with Gasteiger partial charge in [-0.15, -0.1) is 0 Å². The van der Waals surface area contributed by atoms with E-state index in [9.17, 15) is 0 Å². The van der Waals surface area contributed by atoms with E-state index in [-0.39, 0.29) is 5.41 Å². The van der Waals surface area contributed by atoms with Crippen LogP contribution >= 0.6 is 0 Å². The minimum atomic E-state index is -0.00214. The van der Waals surface area contributed by atoms with Crippen molar-refractivity contribution in [2.24, 2.45) is 5.41 Å². The highest BCUT2D eigenvalue weighted by atomic mass is 16.2. The summed E-state index contributed by atoms with van der Waals surface area (Å²) in [6, 6.07) is 0. The van der Waals surface area contributed by atoms with Crippen molar-refractivity contribution in [3.63, 3.8) is 0 Å². The predicted octanol–water partition coefficient (Wildman–Crippen LogP) is 4.39. The molecule has 0 aliphatic rings. The number of hydrogen-bond acceptors (Lipinski definition) is 1. The molecule has 0 aliphatic carbocycles. The monoisotopic (exact) mass is 194 g/mol. The van der Waals surface area contributed by atoms with Crippen molar-refractivity contribution < 1.29 is 5.11 Å². The van der Waals surface area contributed by atoms with Crippen molar-refractivity contribution in [2.75, 3.05) is 0 Å². The zero-order valence-electron chi connectivity index (χ0n) is 9.96. The topological polar surface area (TPSA) is 20.2 Å². The Morgan fingerprint density at radius 2 is 1.79 bits per heavy atom. The Kier molecular flexibility index (Phi) is 5.29. The lowest BCUT2D eigenvalue weighted by atomic mass is 9.86. The van der Waals surface area contributed by atoms with Gasteiger partial charge < -0.3 is 5.11 Å². The van der Waals surface area contributed by atoms with Gasteiger partial charge in [0.1, 0.15) is 0 Å². The summed E-state index contributed by atoms with van der Waals surface area (Å²) in [6.07, 6.45) is 8.36. The van der Waals surface area contributed by atoms with Gasteiger partial charge in [0.15, 0.2) is 0 Å². The fourth-order valence-electron chi connectivity index (χ4n) is 1.10. The Labute approximate surface area is 87.8 Å². The minimum Gasteiger partial charge on any atom is -0.515 e. The lowest BCUT2D eigenvalue weighted by molar-refractivity contribution is 0.432. The lowest BCUT2D eigenvalue weighted by Crippen LogP contribution is -2.07. The summed E-state index contributed by atoms with van der Waals surface area (Å²) in [4.78, 5) is 0. The molecule has 1 heteroatoms. The highest BCUT2D eigenvalue weighted by Gasteiger charge is 2.14. The van der Waals surface area contributed by atoms with Crippen LogP contribution in [0.1, 0.15) is 41.0 Å². The fourth-order valence-corrected chi connectivity index (χ4v) is 1.10. The zero-order chi connectivity index (χ0) is 11.2. The van der Waals surface area contributed by atoms with E-state index in [0.29, 0.717) is 0 Å². The molecule has 0 rings (SSSR count). The standard InChI is InChI=1S/C13H22O/c1-6-11(7-2)8-9-12(10-14)13(3,4)5/h6,8-10,14H,7H2,1-5H3/b9-8-,11-6-,12-10-. The maximum absolute atomic E-state index is 9.09. The first-order valence-electron chi connectivity index (χ1n) is 5.13. The maximum atomic E-state index is 9.09. The van der Waals surface area contributed by atoms with Crippen molar-refractivity contribution >= 4 is 0 Å². The molecule has 0 saturated carbocycles. The molecule has 0 saturated heterocycles. The molecule has 0 aromatic heterocycles. The molecule has 0 aromatic carbocycles. The van der Waals surface area contributed by atoms with Gasteiger partial charge in [-0.05, 0) is 24.3 Å². The van der Waals surface area contributed by atoms with Gasteiger partial charge in [-0.1, -0.05) is 51.5 Å². The average Bonchev–Trinajstić information content (AvgIpc) is 2.10. The molecule has 0 spiro atoms. The van der Waals surface area contributed by atoms with Gasteiger partial charge in [0.05, 0.1) is 6.26 Å². The van der Waals surface area contributed by atoms with Crippen molar-refractivity contribution in [3.05, 3.63) is 35.6 Å². The molecule has 0 aliphatic heterocycles. The predicted molar refractivity (Wildman–Crippen MR) is 63.4 cm³/mol. The van der Waals surface area contributed by atoms with Gasteiger partial charge in [-0.25, -0.2) is 0 Å². The fraction of sp³-hybridized carbons (Fsp3) is 0.538. The van der Waals surface area contributed by atoms with Gasteiger partial charge in [0.25, 0.3) is 0 Å². The molecule has 1 nitrogen and oxygen atoms in total. The first-order chi connectivity index (χ1) is 6.45. The summed E-state index contributed by atoms with van der Waals surface area (Å²) < 4.78 is 0. The largest absolute Gasteiger partial charge is 0.515 e. The molecule has 0 heterocycles. The number of hydrogen-bond donors (Lipinski definition) is 1. The Morgan fingerprint density at radius 1 is 1.21 bits per heavy atom. The summed E-state index contributed by atoms with van der Waals surface area (Å²) in [7, 11) is 0. The van der Waals surface area contributed by atoms with Crippen LogP contribution in [-0.2, 0) is 0 Å². The van der Waals surface area contributed by atoms with Gasteiger partial charge in [0.2, 0.25) is 0 Å². The van der Waals surface area contributed by atoms with Gasteiger partial charge in [-0.2, -0.15) is 0 Å². The van der Waals surface area contributed by atoms with Crippen LogP contribution in [0, 0.1) is 5.41 Å². The van der Waals surface area contributed by atoms with Crippen LogP contribution in [0.4, 0.5) is 0 Å². The number of allylic oxidation sites excluding steroid dienone is 5. The Hall–Kier alpha value is -0.980. The molecule has 0 atom stereocenters. The van der Waals surface area contributed by atoms with E-state index < -0.39 is 0 Å². The third-order valence-corrected chi connectivity index (χ3v) is 2.26. The quantitative estimate of drug-likeness (QED) is 0.522. The molecular weight excluding hydrogens is 172 g/mol. The van der Waals surface area contributed by atoms with E-state index >= 15 is 0 Å². The van der Waals surface area contributed by atoms with Crippen LogP contribution in [0.3, 0.4) is 0 Å². The SMILES string of the molecule is C\C=C(/C=C\C(=C\O)C(C)(C)C)CC. The van der Waals surface area contributed by atoms with Crippen LogP contribution in [0.15, 0.2) is 35.6 Å². The second-order valence-electron chi connectivity index (χ2n) is 4.38. The van der Waals surface area contributed by atoms with Crippen LogP contribution in [0.5, 0.6) is 0 Å². The van der Waals surface area contributed by atoms with E-state index in [1.165, 1.54) is 11.8 Å². The lowest BCUT2D eigenvalue weighted by Gasteiger charge is -2.18.